The van der Waals surface area contributed by atoms with Gasteiger partial charge < -0.3 is 14.8 Å². The third-order valence-corrected chi connectivity index (χ3v) is 4.65. The number of fused-ring (bicyclic) bond motifs is 1. The number of carbonyl (C=O) groups is 1. The average Bonchev–Trinajstić information content (AvgIpc) is 3.07. The number of rotatable bonds is 5. The molecule has 0 spiro atoms. The van der Waals surface area contributed by atoms with Gasteiger partial charge in [0.15, 0.2) is 0 Å². The van der Waals surface area contributed by atoms with Crippen molar-refractivity contribution >= 4 is 23.0 Å². The van der Waals surface area contributed by atoms with E-state index in [1.54, 1.807) is 18.2 Å². The van der Waals surface area contributed by atoms with Crippen LogP contribution in [-0.2, 0) is 6.54 Å². The monoisotopic (exact) mass is 403 g/mol. The first kappa shape index (κ1) is 19.2. The van der Waals surface area contributed by atoms with Crippen molar-refractivity contribution in [3.63, 3.8) is 0 Å². The van der Waals surface area contributed by atoms with Crippen molar-refractivity contribution in [2.45, 2.75) is 6.54 Å². The number of aromatic hydroxyl groups is 2. The standard InChI is InChI=1S/C23H18FN3O3/c24-21-7-3-1-5-15(21)13-27-14-17(20-6-2-4-8-22(20)27)12-25-26-23(30)16-9-18(28)11-19(29)10-16/h1-12,14,28-29H,13H2,(H,26,30). The highest BCUT2D eigenvalue weighted by molar-refractivity contribution is 6.00. The molecule has 1 amide bonds. The Hall–Kier alpha value is -4.13. The van der Waals surface area contributed by atoms with Gasteiger partial charge in [0.05, 0.1) is 12.8 Å². The number of carbonyl (C=O) groups excluding carboxylic acids is 1. The van der Waals surface area contributed by atoms with Gasteiger partial charge >= 0.3 is 0 Å². The van der Waals surface area contributed by atoms with Gasteiger partial charge in [-0.3, -0.25) is 4.79 Å². The van der Waals surface area contributed by atoms with Gasteiger partial charge in [-0.15, -0.1) is 0 Å². The van der Waals surface area contributed by atoms with E-state index in [1.807, 2.05) is 35.0 Å². The molecule has 0 fully saturated rings. The van der Waals surface area contributed by atoms with Gasteiger partial charge in [-0.1, -0.05) is 36.4 Å². The average molecular weight is 403 g/mol. The number of phenolic OH excluding ortho intramolecular Hbond substituents is 2. The molecule has 0 radical (unpaired) electrons. The fourth-order valence-corrected chi connectivity index (χ4v) is 3.27. The maximum absolute atomic E-state index is 14.1. The quantitative estimate of drug-likeness (QED) is 0.348. The minimum atomic E-state index is -0.576. The van der Waals surface area contributed by atoms with Crippen LogP contribution in [0.5, 0.6) is 11.5 Å². The molecular formula is C23H18FN3O3. The molecule has 30 heavy (non-hydrogen) atoms. The molecule has 0 unspecified atom stereocenters. The third kappa shape index (κ3) is 4.00. The summed E-state index contributed by atoms with van der Waals surface area (Å²) >= 11 is 0. The van der Waals surface area contributed by atoms with Gasteiger partial charge in [-0.2, -0.15) is 5.10 Å². The predicted molar refractivity (Wildman–Crippen MR) is 112 cm³/mol. The normalized spacial score (nSPS) is 11.2. The van der Waals surface area contributed by atoms with E-state index in [4.69, 9.17) is 0 Å². The van der Waals surface area contributed by atoms with Crippen LogP contribution in [0, 0.1) is 5.82 Å². The summed E-state index contributed by atoms with van der Waals surface area (Å²) < 4.78 is 16.0. The Bertz CT molecular complexity index is 1240. The fraction of sp³-hybridized carbons (Fsp3) is 0.0435. The van der Waals surface area contributed by atoms with Crippen LogP contribution in [0.2, 0.25) is 0 Å². The molecule has 1 aromatic heterocycles. The van der Waals surface area contributed by atoms with E-state index in [2.05, 4.69) is 10.5 Å². The Kier molecular flexibility index (Phi) is 5.17. The molecule has 0 aliphatic heterocycles. The number of nitrogens with zero attached hydrogens (tertiary/aromatic N) is 2. The predicted octanol–water partition coefficient (Wildman–Crippen LogP) is 4.00. The van der Waals surface area contributed by atoms with Crippen LogP contribution in [-0.4, -0.2) is 26.9 Å². The van der Waals surface area contributed by atoms with Crippen LogP contribution in [0.1, 0.15) is 21.5 Å². The Labute approximate surface area is 171 Å². The number of nitrogens with one attached hydrogen (secondary N) is 1. The second-order valence-electron chi connectivity index (χ2n) is 6.76. The smallest absolute Gasteiger partial charge is 0.271 e. The third-order valence-electron chi connectivity index (χ3n) is 4.65. The highest BCUT2D eigenvalue weighted by Gasteiger charge is 2.10. The lowest BCUT2D eigenvalue weighted by atomic mass is 10.2. The lowest BCUT2D eigenvalue weighted by Crippen LogP contribution is -2.17. The first-order valence-electron chi connectivity index (χ1n) is 9.19. The Morgan fingerprint density at radius 1 is 1.03 bits per heavy atom. The zero-order valence-electron chi connectivity index (χ0n) is 15.8. The fourth-order valence-electron chi connectivity index (χ4n) is 3.27. The lowest BCUT2D eigenvalue weighted by molar-refractivity contribution is 0.0954. The van der Waals surface area contributed by atoms with Gasteiger partial charge in [0.25, 0.3) is 5.91 Å². The first-order valence-corrected chi connectivity index (χ1v) is 9.19. The van der Waals surface area contributed by atoms with Crippen molar-refractivity contribution in [1.82, 2.24) is 9.99 Å². The maximum atomic E-state index is 14.1. The van der Waals surface area contributed by atoms with E-state index in [0.29, 0.717) is 12.1 Å². The number of phenols is 2. The van der Waals surface area contributed by atoms with E-state index in [1.165, 1.54) is 24.4 Å². The van der Waals surface area contributed by atoms with Crippen molar-refractivity contribution < 1.29 is 19.4 Å². The van der Waals surface area contributed by atoms with Crippen LogP contribution in [0.3, 0.4) is 0 Å². The molecule has 0 aliphatic carbocycles. The summed E-state index contributed by atoms with van der Waals surface area (Å²) in [4.78, 5) is 12.2. The van der Waals surface area contributed by atoms with Crippen molar-refractivity contribution in [3.8, 4) is 11.5 Å². The summed E-state index contributed by atoms with van der Waals surface area (Å²) in [5, 5.41) is 23.9. The summed E-state index contributed by atoms with van der Waals surface area (Å²) in [6.45, 7) is 0.357. The first-order chi connectivity index (χ1) is 14.5. The summed E-state index contributed by atoms with van der Waals surface area (Å²) in [7, 11) is 0. The van der Waals surface area contributed by atoms with E-state index < -0.39 is 5.91 Å². The second-order valence-corrected chi connectivity index (χ2v) is 6.76. The largest absolute Gasteiger partial charge is 0.508 e. The molecule has 1 heterocycles. The number of amides is 1. The number of hydrogen-bond acceptors (Lipinski definition) is 4. The zero-order chi connectivity index (χ0) is 21.1. The van der Waals surface area contributed by atoms with Crippen LogP contribution in [0.15, 0.2) is 78.0 Å². The van der Waals surface area contributed by atoms with Gasteiger partial charge in [-0.25, -0.2) is 9.82 Å². The Morgan fingerprint density at radius 2 is 1.73 bits per heavy atom. The molecule has 150 valence electrons. The van der Waals surface area contributed by atoms with Gasteiger partial charge in [-0.05, 0) is 24.3 Å². The molecule has 4 aromatic rings. The van der Waals surface area contributed by atoms with Crippen molar-refractivity contribution in [1.29, 1.82) is 0 Å². The Morgan fingerprint density at radius 3 is 2.50 bits per heavy atom. The van der Waals surface area contributed by atoms with Crippen LogP contribution < -0.4 is 5.43 Å². The molecule has 6 nitrogen and oxygen atoms in total. The number of hydrogen-bond donors (Lipinski definition) is 3. The van der Waals surface area contributed by atoms with Crippen molar-refractivity contribution in [2.75, 3.05) is 0 Å². The maximum Gasteiger partial charge on any atom is 0.271 e. The number of hydrazone groups is 1. The lowest BCUT2D eigenvalue weighted by Gasteiger charge is -2.06. The molecule has 0 saturated carbocycles. The molecule has 0 aliphatic rings. The van der Waals surface area contributed by atoms with Crippen LogP contribution in [0.25, 0.3) is 10.9 Å². The van der Waals surface area contributed by atoms with Crippen LogP contribution >= 0.6 is 0 Å². The van der Waals surface area contributed by atoms with E-state index in [0.717, 1.165) is 22.5 Å². The summed E-state index contributed by atoms with van der Waals surface area (Å²) in [6, 6.07) is 17.8. The number of benzene rings is 3. The molecule has 0 atom stereocenters. The van der Waals surface area contributed by atoms with Gasteiger partial charge in [0.1, 0.15) is 17.3 Å². The van der Waals surface area contributed by atoms with Gasteiger partial charge in [0, 0.05) is 39.9 Å². The summed E-state index contributed by atoms with van der Waals surface area (Å²) in [6.07, 6.45) is 3.34. The second kappa shape index (κ2) is 8.08. The van der Waals surface area contributed by atoms with Crippen molar-refractivity contribution in [3.05, 3.63) is 95.4 Å². The molecule has 7 heteroatoms. The molecular weight excluding hydrogens is 385 g/mol. The molecule has 0 saturated heterocycles. The number of aromatic nitrogens is 1. The molecule has 3 aromatic carbocycles. The molecule has 3 N–H and O–H groups in total. The van der Waals surface area contributed by atoms with Crippen molar-refractivity contribution in [2.24, 2.45) is 5.10 Å². The SMILES string of the molecule is O=C(NN=Cc1cn(Cc2ccccc2F)c2ccccc12)c1cc(O)cc(O)c1. The van der Waals surface area contributed by atoms with E-state index in [-0.39, 0.29) is 22.9 Å². The molecule has 4 rings (SSSR count). The van der Waals surface area contributed by atoms with E-state index in [9.17, 15) is 19.4 Å². The van der Waals surface area contributed by atoms with Crippen LogP contribution in [0.4, 0.5) is 4.39 Å². The van der Waals surface area contributed by atoms with E-state index >= 15 is 0 Å². The zero-order valence-corrected chi connectivity index (χ0v) is 15.8. The Balaban J connectivity index is 1.58. The highest BCUT2D eigenvalue weighted by atomic mass is 19.1. The summed E-state index contributed by atoms with van der Waals surface area (Å²) in [5.41, 5.74) is 4.68. The summed E-state index contributed by atoms with van der Waals surface area (Å²) in [5.74, 6) is -1.29. The molecule has 0 bridgehead atoms. The number of para-hydroxylation sites is 1. The minimum absolute atomic E-state index is 0.0756. The topological polar surface area (TPSA) is 86.9 Å². The van der Waals surface area contributed by atoms with Gasteiger partial charge in [0.2, 0.25) is 0 Å². The number of halogens is 1. The highest BCUT2D eigenvalue weighted by Crippen LogP contribution is 2.22. The minimum Gasteiger partial charge on any atom is -0.508 e.